The van der Waals surface area contributed by atoms with E-state index in [2.05, 4.69) is 94.6 Å². The van der Waals surface area contributed by atoms with Crippen LogP contribution in [0.4, 0.5) is 0 Å². The summed E-state index contributed by atoms with van der Waals surface area (Å²) in [5.74, 6) is 0.162. The molecule has 0 fully saturated rings. The zero-order valence-electron chi connectivity index (χ0n) is 20.8. The molecule has 1 atom stereocenters. The van der Waals surface area contributed by atoms with E-state index in [1.54, 1.807) is 29.6 Å². The number of benzene rings is 2. The molecular weight excluding hydrogens is 689 g/mol. The van der Waals surface area contributed by atoms with Crippen LogP contribution in [0.25, 0.3) is 47.0 Å². The van der Waals surface area contributed by atoms with Gasteiger partial charge < -0.3 is 10.2 Å². The Hall–Kier alpha value is -3.19. The summed E-state index contributed by atoms with van der Waals surface area (Å²) in [7, 11) is 0. The van der Waals surface area contributed by atoms with E-state index < -0.39 is 6.10 Å². The monoisotopic (exact) mass is 715 g/mol. The molecule has 6 aromatic rings. The van der Waals surface area contributed by atoms with Crippen LogP contribution in [0.15, 0.2) is 109 Å². The Bertz CT molecular complexity index is 1650. The van der Waals surface area contributed by atoms with Gasteiger partial charge >= 0.3 is 0 Å². The number of aromatic nitrogens is 2. The third-order valence-electron chi connectivity index (χ3n) is 5.63. The summed E-state index contributed by atoms with van der Waals surface area (Å²) in [6.07, 6.45) is 4.83. The molecule has 4 nitrogen and oxygen atoms in total. The van der Waals surface area contributed by atoms with E-state index in [4.69, 9.17) is 10.2 Å². The maximum absolute atomic E-state index is 8.49. The van der Waals surface area contributed by atoms with Crippen molar-refractivity contribution in [1.29, 1.82) is 0 Å². The molecule has 7 heteroatoms. The third-order valence-corrected chi connectivity index (χ3v) is 7.90. The Morgan fingerprint density at radius 1 is 0.921 bits per heavy atom. The van der Waals surface area contributed by atoms with Crippen LogP contribution >= 0.6 is 22.7 Å². The average molecular weight is 715 g/mol. The summed E-state index contributed by atoms with van der Waals surface area (Å²) in [5, 5.41) is 19.3. The van der Waals surface area contributed by atoms with Crippen LogP contribution in [0.3, 0.4) is 0 Å². The summed E-state index contributed by atoms with van der Waals surface area (Å²) < 4.78 is 4.81. The van der Waals surface area contributed by atoms with Crippen LogP contribution in [-0.4, -0.2) is 21.3 Å². The molecular formula is C31H26IrN2O2S2. The van der Waals surface area contributed by atoms with Crippen molar-refractivity contribution in [3.8, 4) is 26.8 Å². The van der Waals surface area contributed by atoms with E-state index in [0.29, 0.717) is 0 Å². The van der Waals surface area contributed by atoms with Crippen molar-refractivity contribution < 1.29 is 34.9 Å². The molecule has 38 heavy (non-hydrogen) atoms. The third kappa shape index (κ3) is 6.09. The second-order valence-electron chi connectivity index (χ2n) is 8.55. The van der Waals surface area contributed by atoms with Gasteiger partial charge in [0.25, 0.3) is 0 Å². The molecule has 0 spiro atoms. The number of rotatable bonds is 4. The summed E-state index contributed by atoms with van der Waals surface area (Å²) in [6, 6.07) is 33.1. The van der Waals surface area contributed by atoms with Gasteiger partial charge in [-0.25, -0.2) is 11.3 Å². The first-order valence-corrected chi connectivity index (χ1v) is 13.5. The molecule has 0 bridgehead atoms. The fourth-order valence-corrected chi connectivity index (χ4v) is 6.35. The van der Waals surface area contributed by atoms with Crippen LogP contribution in [0, 0.1) is 6.07 Å². The van der Waals surface area contributed by atoms with Crippen molar-refractivity contribution in [2.24, 2.45) is 0 Å². The molecule has 1 unspecified atom stereocenters. The fraction of sp³-hybridized carbons (Fsp3) is 0.0968. The van der Waals surface area contributed by atoms with Crippen LogP contribution < -0.4 is 4.57 Å². The zero-order valence-corrected chi connectivity index (χ0v) is 24.9. The molecule has 0 saturated carbocycles. The second-order valence-corrected chi connectivity index (χ2v) is 10.7. The number of pyridine rings is 2. The number of thiophene rings is 2. The van der Waals surface area contributed by atoms with E-state index in [0.717, 1.165) is 21.7 Å². The first-order chi connectivity index (χ1) is 18.0. The molecule has 0 aliphatic rings. The fourth-order valence-electron chi connectivity index (χ4n) is 4.15. The molecule has 4 aromatic heterocycles. The summed E-state index contributed by atoms with van der Waals surface area (Å²) in [5.41, 5.74) is 3.31. The van der Waals surface area contributed by atoms with Crippen molar-refractivity contribution in [2.75, 3.05) is 0 Å². The maximum atomic E-state index is 8.49. The van der Waals surface area contributed by atoms with Gasteiger partial charge in [-0.1, -0.05) is 36.4 Å². The van der Waals surface area contributed by atoms with E-state index in [-0.39, 0.29) is 25.9 Å². The minimum atomic E-state index is -0.537. The molecule has 4 heterocycles. The number of allylic oxidation sites excluding steroid dienone is 1. The standard InChI is InChI=1S/C26H16N2S2.C5H10O2.Ir/c1-3-13-22-18(9-1)17-24(29-22)21-12-6-8-16-28(21)25-19-10-2-4-14-23(19)30-26(25)20-11-5-7-15-27-20;1-4(6)3-5(2)7;/h1-16H;3-4,6-7H,1-2H3;/b;5-3-;. The molecule has 0 aliphatic heterocycles. The zero-order chi connectivity index (χ0) is 25.8. The maximum Gasteiger partial charge on any atom is 0.230 e. The van der Waals surface area contributed by atoms with Crippen molar-refractivity contribution >= 4 is 42.8 Å². The number of nitrogens with zero attached hydrogens (tertiary/aromatic N) is 2. The molecule has 2 N–H and O–H groups in total. The van der Waals surface area contributed by atoms with Gasteiger partial charge in [0.05, 0.1) is 22.9 Å². The predicted octanol–water partition coefficient (Wildman–Crippen LogP) is 7.75. The number of aliphatic hydroxyl groups excluding tert-OH is 2. The van der Waals surface area contributed by atoms with Gasteiger partial charge in [0.1, 0.15) is 4.88 Å². The summed E-state index contributed by atoms with van der Waals surface area (Å²) in [4.78, 5) is 6.97. The Kier molecular flexibility index (Phi) is 9.21. The summed E-state index contributed by atoms with van der Waals surface area (Å²) >= 11 is 3.57. The Balaban J connectivity index is 0.000000375. The van der Waals surface area contributed by atoms with E-state index in [1.807, 2.05) is 18.3 Å². The van der Waals surface area contributed by atoms with Gasteiger partial charge in [0.2, 0.25) is 5.69 Å². The number of hydrogen-bond acceptors (Lipinski definition) is 5. The molecule has 193 valence electrons. The molecule has 1 radical (unpaired) electrons. The minimum absolute atomic E-state index is 0. The molecule has 0 aliphatic carbocycles. The van der Waals surface area contributed by atoms with E-state index >= 15 is 0 Å². The Labute approximate surface area is 243 Å². The normalized spacial score (nSPS) is 12.0. The number of aliphatic hydroxyl groups is 2. The molecule has 2 aromatic carbocycles. The number of fused-ring (bicyclic) bond motifs is 2. The van der Waals surface area contributed by atoms with E-state index in [9.17, 15) is 0 Å². The van der Waals surface area contributed by atoms with E-state index in [1.165, 1.54) is 38.4 Å². The van der Waals surface area contributed by atoms with Gasteiger partial charge in [0.15, 0.2) is 11.9 Å². The van der Waals surface area contributed by atoms with Crippen LogP contribution in [0.5, 0.6) is 0 Å². The molecule has 0 saturated heterocycles. The van der Waals surface area contributed by atoms with Gasteiger partial charge in [-0.15, -0.1) is 34.9 Å². The summed E-state index contributed by atoms with van der Waals surface area (Å²) in [6.45, 7) is 3.10. The van der Waals surface area contributed by atoms with Gasteiger partial charge in [-0.3, -0.25) is 4.98 Å². The molecule has 6 rings (SSSR count). The minimum Gasteiger partial charge on any atom is -0.513 e. The van der Waals surface area contributed by atoms with Crippen LogP contribution in [-0.2, 0) is 20.1 Å². The van der Waals surface area contributed by atoms with Crippen molar-refractivity contribution in [3.05, 3.63) is 115 Å². The first-order valence-electron chi connectivity index (χ1n) is 11.9. The average Bonchev–Trinajstić information content (AvgIpc) is 3.51. The largest absolute Gasteiger partial charge is 0.513 e. The number of hydrogen-bond donors (Lipinski definition) is 2. The predicted molar refractivity (Wildman–Crippen MR) is 154 cm³/mol. The molecule has 0 amide bonds. The Morgan fingerprint density at radius 2 is 1.63 bits per heavy atom. The van der Waals surface area contributed by atoms with Crippen molar-refractivity contribution in [3.63, 3.8) is 0 Å². The van der Waals surface area contributed by atoms with Crippen LogP contribution in [0.2, 0.25) is 0 Å². The topological polar surface area (TPSA) is 57.2 Å². The van der Waals surface area contributed by atoms with Crippen LogP contribution in [0.1, 0.15) is 13.8 Å². The van der Waals surface area contributed by atoms with Gasteiger partial charge in [-0.05, 0) is 55.0 Å². The second kappa shape index (κ2) is 12.6. The first kappa shape index (κ1) is 27.8. The Morgan fingerprint density at radius 3 is 2.32 bits per heavy atom. The quantitative estimate of drug-likeness (QED) is 0.112. The smallest absolute Gasteiger partial charge is 0.230 e. The SMILES string of the molecule is C/C(O)=C/C(C)O.[Ir].[c-]1c(-c2cccc[n+]2-c2c(-c3ccccn3)sc3ccccc23)sc2ccccc12. The van der Waals surface area contributed by atoms with Gasteiger partial charge in [0, 0.05) is 41.9 Å². The van der Waals surface area contributed by atoms with Gasteiger partial charge in [-0.2, -0.15) is 4.57 Å². The van der Waals surface area contributed by atoms with Crippen molar-refractivity contribution in [1.82, 2.24) is 4.98 Å². The van der Waals surface area contributed by atoms with Crippen molar-refractivity contribution in [2.45, 2.75) is 20.0 Å².